The second-order valence-corrected chi connectivity index (χ2v) is 9.41. The Labute approximate surface area is 197 Å². The van der Waals surface area contributed by atoms with Gasteiger partial charge >= 0.3 is 6.03 Å². The average molecular weight is 459 g/mol. The smallest absolute Gasteiger partial charge is 0.317 e. The first-order valence-electron chi connectivity index (χ1n) is 12.1. The van der Waals surface area contributed by atoms with E-state index in [0.717, 1.165) is 31.2 Å². The van der Waals surface area contributed by atoms with E-state index in [2.05, 4.69) is 10.3 Å². The number of nitrogens with zero attached hydrogens (tertiary/aromatic N) is 3. The van der Waals surface area contributed by atoms with Crippen LogP contribution in [0.1, 0.15) is 68.8 Å². The Hall–Kier alpha value is -2.61. The molecule has 2 aliphatic rings. The first-order valence-corrected chi connectivity index (χ1v) is 12.1. The highest BCUT2D eigenvalue weighted by molar-refractivity contribution is 5.97. The van der Waals surface area contributed by atoms with Crippen molar-refractivity contribution < 1.29 is 19.4 Å². The molecule has 2 N–H and O–H groups in total. The molecular weight excluding hydrogens is 420 g/mol. The van der Waals surface area contributed by atoms with Crippen LogP contribution in [0.2, 0.25) is 0 Å². The van der Waals surface area contributed by atoms with Crippen LogP contribution in [0.3, 0.4) is 0 Å². The summed E-state index contributed by atoms with van der Waals surface area (Å²) in [7, 11) is 1.77. The predicted molar refractivity (Wildman–Crippen MR) is 128 cm³/mol. The number of carbonyl (C=O) groups excluding carboxylic acids is 2. The molecule has 0 aromatic carbocycles. The molecule has 8 heteroatoms. The largest absolute Gasteiger partial charge is 0.472 e. The Morgan fingerprint density at radius 1 is 1.39 bits per heavy atom. The fourth-order valence-corrected chi connectivity index (χ4v) is 4.50. The molecule has 182 valence electrons. The van der Waals surface area contributed by atoms with Gasteiger partial charge in [0.1, 0.15) is 11.7 Å². The van der Waals surface area contributed by atoms with Gasteiger partial charge in [0.25, 0.3) is 5.91 Å². The molecule has 2 heterocycles. The van der Waals surface area contributed by atoms with Crippen LogP contribution >= 0.6 is 0 Å². The van der Waals surface area contributed by atoms with Crippen molar-refractivity contribution in [3.63, 3.8) is 0 Å². The zero-order chi connectivity index (χ0) is 24.0. The van der Waals surface area contributed by atoms with Gasteiger partial charge in [-0.15, -0.1) is 0 Å². The summed E-state index contributed by atoms with van der Waals surface area (Å²) < 4.78 is 6.26. The van der Waals surface area contributed by atoms with E-state index < -0.39 is 0 Å². The van der Waals surface area contributed by atoms with Gasteiger partial charge in [-0.05, 0) is 38.3 Å². The van der Waals surface area contributed by atoms with Gasteiger partial charge in [-0.1, -0.05) is 38.3 Å². The highest BCUT2D eigenvalue weighted by atomic mass is 16.5. The third-order valence-corrected chi connectivity index (χ3v) is 6.63. The van der Waals surface area contributed by atoms with E-state index in [-0.39, 0.29) is 48.5 Å². The molecule has 0 bridgehead atoms. The summed E-state index contributed by atoms with van der Waals surface area (Å²) in [5.74, 6) is -0.0156. The Kier molecular flexibility index (Phi) is 8.72. The number of hydrogen-bond acceptors (Lipinski definition) is 5. The molecule has 3 rings (SSSR count). The lowest BCUT2D eigenvalue weighted by Gasteiger charge is -2.38. The first-order chi connectivity index (χ1) is 15.8. The number of urea groups is 1. The van der Waals surface area contributed by atoms with E-state index in [1.807, 2.05) is 32.9 Å². The fraction of sp³-hybridized carbons (Fsp3) is 0.640. The standard InChI is InChI=1S/C25H38N4O4/c1-5-9-19-12-21-23(26-13-19)33-22(17(2)14-29(24(21)31)18(3)16-30)15-28(4)25(32)27-20-10-7-6-8-11-20/h5,9,12-13,17-18,20,22,30H,6-8,10-11,14-16H2,1-4H3,(H,27,32)/b9-5+/t17-,18-,22-/m1/s1. The number of allylic oxidation sites excluding steroid dienone is 1. The predicted octanol–water partition coefficient (Wildman–Crippen LogP) is 3.31. The van der Waals surface area contributed by atoms with Crippen LogP contribution in [0.25, 0.3) is 6.08 Å². The summed E-state index contributed by atoms with van der Waals surface area (Å²) >= 11 is 0. The Bertz CT molecular complexity index is 853. The van der Waals surface area contributed by atoms with Gasteiger partial charge in [-0.2, -0.15) is 0 Å². The summed E-state index contributed by atoms with van der Waals surface area (Å²) in [5.41, 5.74) is 1.18. The van der Waals surface area contributed by atoms with E-state index in [9.17, 15) is 14.7 Å². The Morgan fingerprint density at radius 3 is 2.79 bits per heavy atom. The van der Waals surface area contributed by atoms with Crippen LogP contribution in [0.5, 0.6) is 5.88 Å². The molecule has 0 radical (unpaired) electrons. The fourth-order valence-electron chi connectivity index (χ4n) is 4.50. The lowest BCUT2D eigenvalue weighted by Crippen LogP contribution is -2.52. The maximum atomic E-state index is 13.3. The molecule has 3 amide bonds. The molecule has 1 saturated carbocycles. The lowest BCUT2D eigenvalue weighted by atomic mass is 9.96. The number of pyridine rings is 1. The van der Waals surface area contributed by atoms with Crippen molar-refractivity contribution in [1.29, 1.82) is 0 Å². The summed E-state index contributed by atoms with van der Waals surface area (Å²) in [6.45, 7) is 6.38. The van der Waals surface area contributed by atoms with Crippen molar-refractivity contribution in [3.05, 3.63) is 29.5 Å². The van der Waals surface area contributed by atoms with Gasteiger partial charge in [0.15, 0.2) is 0 Å². The van der Waals surface area contributed by atoms with Gasteiger partial charge in [0.2, 0.25) is 5.88 Å². The summed E-state index contributed by atoms with van der Waals surface area (Å²) in [4.78, 5) is 33.9. The van der Waals surface area contributed by atoms with Crippen molar-refractivity contribution in [3.8, 4) is 5.88 Å². The van der Waals surface area contributed by atoms with Crippen molar-refractivity contribution >= 4 is 18.0 Å². The number of fused-ring (bicyclic) bond motifs is 1. The summed E-state index contributed by atoms with van der Waals surface area (Å²) in [6.07, 6.45) is 10.7. The Balaban J connectivity index is 1.82. The second-order valence-electron chi connectivity index (χ2n) is 9.41. The van der Waals surface area contributed by atoms with Gasteiger partial charge < -0.3 is 25.0 Å². The van der Waals surface area contributed by atoms with E-state index in [1.54, 1.807) is 29.1 Å². The average Bonchev–Trinajstić information content (AvgIpc) is 2.82. The monoisotopic (exact) mass is 458 g/mol. The minimum absolute atomic E-state index is 0.0713. The minimum atomic E-state index is -0.354. The zero-order valence-corrected chi connectivity index (χ0v) is 20.3. The highest BCUT2D eigenvalue weighted by Gasteiger charge is 2.34. The number of likely N-dealkylation sites (N-methyl/N-ethyl adjacent to an activating group) is 1. The van der Waals surface area contributed by atoms with E-state index >= 15 is 0 Å². The molecule has 3 atom stereocenters. The van der Waals surface area contributed by atoms with Gasteiger partial charge in [-0.3, -0.25) is 4.79 Å². The topological polar surface area (TPSA) is 95.0 Å². The van der Waals surface area contributed by atoms with Crippen LogP contribution in [0, 0.1) is 5.92 Å². The number of hydrogen-bond donors (Lipinski definition) is 2. The Morgan fingerprint density at radius 2 is 2.12 bits per heavy atom. The molecule has 1 aromatic rings. The van der Waals surface area contributed by atoms with Gasteiger partial charge in [0, 0.05) is 31.7 Å². The van der Waals surface area contributed by atoms with E-state index in [1.165, 1.54) is 6.42 Å². The SMILES string of the molecule is C/C=C/c1cnc2c(c1)C(=O)N([C@H](C)CO)C[C@@H](C)[C@@H](CN(C)C(=O)NC1CCCCC1)O2. The van der Waals surface area contributed by atoms with Crippen LogP contribution in [0.15, 0.2) is 18.3 Å². The molecule has 33 heavy (non-hydrogen) atoms. The van der Waals surface area contributed by atoms with Crippen molar-refractivity contribution in [1.82, 2.24) is 20.1 Å². The van der Waals surface area contributed by atoms with Crippen molar-refractivity contribution in [2.45, 2.75) is 71.1 Å². The number of rotatable bonds is 6. The number of aromatic nitrogens is 1. The van der Waals surface area contributed by atoms with E-state index in [4.69, 9.17) is 4.74 Å². The van der Waals surface area contributed by atoms with E-state index in [0.29, 0.717) is 18.7 Å². The van der Waals surface area contributed by atoms with Crippen LogP contribution in [-0.4, -0.2) is 76.8 Å². The molecule has 0 spiro atoms. The van der Waals surface area contributed by atoms with Crippen molar-refractivity contribution in [2.24, 2.45) is 5.92 Å². The maximum absolute atomic E-state index is 13.3. The number of aliphatic hydroxyl groups excluding tert-OH is 1. The highest BCUT2D eigenvalue weighted by Crippen LogP contribution is 2.28. The number of amides is 3. The normalized spacial score (nSPS) is 22.8. The van der Waals surface area contributed by atoms with Crippen molar-refractivity contribution in [2.75, 3.05) is 26.7 Å². The number of ether oxygens (including phenoxy) is 1. The maximum Gasteiger partial charge on any atom is 0.317 e. The first kappa shape index (κ1) is 25.0. The lowest BCUT2D eigenvalue weighted by molar-refractivity contribution is 0.0351. The molecule has 1 aliphatic heterocycles. The molecule has 1 aliphatic carbocycles. The molecule has 0 unspecified atom stereocenters. The molecule has 0 saturated heterocycles. The third-order valence-electron chi connectivity index (χ3n) is 6.63. The molecule has 8 nitrogen and oxygen atoms in total. The zero-order valence-electron chi connectivity index (χ0n) is 20.3. The third kappa shape index (κ3) is 6.25. The summed E-state index contributed by atoms with van der Waals surface area (Å²) in [6, 6.07) is 1.56. The van der Waals surface area contributed by atoms with Crippen LogP contribution in [0.4, 0.5) is 4.79 Å². The number of carbonyl (C=O) groups is 2. The second kappa shape index (κ2) is 11.5. The molecule has 1 fully saturated rings. The number of nitrogens with one attached hydrogen (secondary N) is 1. The quantitative estimate of drug-likeness (QED) is 0.682. The summed E-state index contributed by atoms with van der Waals surface area (Å²) in [5, 5.41) is 12.9. The molecule has 1 aromatic heterocycles. The van der Waals surface area contributed by atoms with Gasteiger partial charge in [-0.25, -0.2) is 9.78 Å². The molecular formula is C25H38N4O4. The van der Waals surface area contributed by atoms with Gasteiger partial charge in [0.05, 0.1) is 19.2 Å². The minimum Gasteiger partial charge on any atom is -0.472 e. The van der Waals surface area contributed by atoms with Crippen LogP contribution in [-0.2, 0) is 0 Å². The number of aliphatic hydroxyl groups is 1. The van der Waals surface area contributed by atoms with Crippen LogP contribution < -0.4 is 10.1 Å².